The molecule has 0 saturated heterocycles. The summed E-state index contributed by atoms with van der Waals surface area (Å²) in [4.78, 5) is 8.71. The van der Waals surface area contributed by atoms with E-state index in [9.17, 15) is 4.39 Å². The van der Waals surface area contributed by atoms with Gasteiger partial charge in [0.25, 0.3) is 0 Å². The molecular weight excluding hydrogens is 429 g/mol. The maximum Gasteiger partial charge on any atom is 0.159 e. The fraction of sp³-hybridized carbons (Fsp3) is 0.304. The summed E-state index contributed by atoms with van der Waals surface area (Å²) in [6, 6.07) is 8.36. The number of benzene rings is 1. The minimum absolute atomic E-state index is 0.254. The molecule has 1 N–H and O–H groups in total. The summed E-state index contributed by atoms with van der Waals surface area (Å²) in [6.45, 7) is 6.62. The van der Waals surface area contributed by atoms with E-state index in [-0.39, 0.29) is 5.82 Å². The zero-order valence-electron chi connectivity index (χ0n) is 18.1. The predicted molar refractivity (Wildman–Crippen MR) is 122 cm³/mol. The number of rotatable bonds is 6. The lowest BCUT2D eigenvalue weighted by molar-refractivity contribution is 0.570. The average molecular weight is 452 g/mol. The van der Waals surface area contributed by atoms with Gasteiger partial charge < -0.3 is 5.32 Å². The van der Waals surface area contributed by atoms with Gasteiger partial charge in [-0.05, 0) is 63.8 Å². The van der Waals surface area contributed by atoms with Crippen LogP contribution in [0.25, 0.3) is 17.1 Å². The molecule has 1 saturated carbocycles. The van der Waals surface area contributed by atoms with E-state index >= 15 is 0 Å². The van der Waals surface area contributed by atoms with Gasteiger partial charge in [-0.3, -0.25) is 4.68 Å². The molecule has 0 amide bonds. The summed E-state index contributed by atoms with van der Waals surface area (Å²) in [7, 11) is 0. The fourth-order valence-electron chi connectivity index (χ4n) is 3.82. The molecule has 164 valence electrons. The molecule has 1 aliphatic carbocycles. The highest BCUT2D eigenvalue weighted by Gasteiger charge is 2.26. The molecule has 5 rings (SSSR count). The van der Waals surface area contributed by atoms with Crippen molar-refractivity contribution >= 4 is 23.2 Å². The molecule has 0 bridgehead atoms. The van der Waals surface area contributed by atoms with Crippen LogP contribution in [0.15, 0.2) is 36.7 Å². The Hall–Kier alpha value is -3.26. The average Bonchev–Trinajstić information content (AvgIpc) is 3.50. The van der Waals surface area contributed by atoms with Gasteiger partial charge in [0.15, 0.2) is 11.6 Å². The molecular formula is C23H23ClFN7. The van der Waals surface area contributed by atoms with E-state index in [4.69, 9.17) is 16.7 Å². The molecule has 7 nitrogen and oxygen atoms in total. The molecule has 32 heavy (non-hydrogen) atoms. The molecule has 3 aromatic heterocycles. The molecule has 0 spiro atoms. The summed E-state index contributed by atoms with van der Waals surface area (Å²) in [5.74, 6) is 2.31. The molecule has 0 radical (unpaired) electrons. The number of halogens is 2. The lowest BCUT2D eigenvalue weighted by atomic mass is 10.1. The lowest BCUT2D eigenvalue weighted by Crippen LogP contribution is -2.06. The van der Waals surface area contributed by atoms with Crippen molar-refractivity contribution in [1.82, 2.24) is 29.5 Å². The fourth-order valence-corrected chi connectivity index (χ4v) is 3.94. The summed E-state index contributed by atoms with van der Waals surface area (Å²) >= 11 is 6.29. The first-order valence-electron chi connectivity index (χ1n) is 10.5. The van der Waals surface area contributed by atoms with Crippen LogP contribution in [0.2, 0.25) is 5.02 Å². The summed E-state index contributed by atoms with van der Waals surface area (Å²) in [6.07, 6.45) is 3.91. The van der Waals surface area contributed by atoms with Gasteiger partial charge in [0, 0.05) is 23.7 Å². The van der Waals surface area contributed by atoms with Crippen LogP contribution in [-0.2, 0) is 6.54 Å². The van der Waals surface area contributed by atoms with Crippen molar-refractivity contribution in [2.45, 2.75) is 40.2 Å². The SMILES string of the molecule is Cc1nn(-c2cc(Nc3nn(CC4CC4)c(-c4ccc(F)cc4)c3C)ncn2)c(C)c1Cl. The second-order valence-corrected chi connectivity index (χ2v) is 8.62. The Morgan fingerprint density at radius 1 is 1.09 bits per heavy atom. The van der Waals surface area contributed by atoms with E-state index in [1.165, 1.54) is 31.3 Å². The van der Waals surface area contributed by atoms with Crippen LogP contribution in [0, 0.1) is 32.5 Å². The Labute approximate surface area is 190 Å². The first-order valence-corrected chi connectivity index (χ1v) is 10.9. The van der Waals surface area contributed by atoms with Gasteiger partial charge in [-0.1, -0.05) is 11.6 Å². The molecule has 4 aromatic rings. The molecule has 9 heteroatoms. The van der Waals surface area contributed by atoms with Crippen molar-refractivity contribution in [3.05, 3.63) is 64.5 Å². The van der Waals surface area contributed by atoms with E-state index in [2.05, 4.69) is 20.4 Å². The van der Waals surface area contributed by atoms with Crippen LogP contribution in [0.5, 0.6) is 0 Å². The van der Waals surface area contributed by atoms with Gasteiger partial charge in [-0.2, -0.15) is 10.2 Å². The third-order valence-electron chi connectivity index (χ3n) is 5.75. The molecule has 1 fully saturated rings. The second-order valence-electron chi connectivity index (χ2n) is 8.24. The largest absolute Gasteiger partial charge is 0.323 e. The predicted octanol–water partition coefficient (Wildman–Crippen LogP) is 5.40. The minimum atomic E-state index is -0.254. The van der Waals surface area contributed by atoms with Gasteiger partial charge in [-0.25, -0.2) is 19.0 Å². The van der Waals surface area contributed by atoms with E-state index in [0.717, 1.165) is 34.8 Å². The Balaban J connectivity index is 1.50. The van der Waals surface area contributed by atoms with Gasteiger partial charge in [-0.15, -0.1) is 0 Å². The minimum Gasteiger partial charge on any atom is -0.323 e. The van der Waals surface area contributed by atoms with Crippen molar-refractivity contribution in [2.75, 3.05) is 5.32 Å². The van der Waals surface area contributed by atoms with Gasteiger partial charge in [0.2, 0.25) is 0 Å². The van der Waals surface area contributed by atoms with Crippen molar-refractivity contribution < 1.29 is 4.39 Å². The first kappa shape index (κ1) is 20.6. The Bertz CT molecular complexity index is 1290. The normalized spacial score (nSPS) is 13.5. The Kier molecular flexibility index (Phi) is 5.17. The zero-order chi connectivity index (χ0) is 22.4. The number of hydrogen-bond donors (Lipinski definition) is 1. The van der Waals surface area contributed by atoms with Crippen LogP contribution < -0.4 is 5.32 Å². The Morgan fingerprint density at radius 3 is 2.50 bits per heavy atom. The second kappa shape index (κ2) is 8.02. The summed E-state index contributed by atoms with van der Waals surface area (Å²) in [5.41, 5.74) is 4.46. The third-order valence-corrected chi connectivity index (χ3v) is 6.30. The van der Waals surface area contributed by atoms with E-state index < -0.39 is 0 Å². The monoisotopic (exact) mass is 451 g/mol. The zero-order valence-corrected chi connectivity index (χ0v) is 18.9. The van der Waals surface area contributed by atoms with Crippen LogP contribution >= 0.6 is 11.6 Å². The van der Waals surface area contributed by atoms with Crippen LogP contribution in [0.1, 0.15) is 29.8 Å². The van der Waals surface area contributed by atoms with Gasteiger partial charge >= 0.3 is 0 Å². The molecule has 1 aromatic carbocycles. The van der Waals surface area contributed by atoms with Gasteiger partial charge in [0.1, 0.15) is 18.0 Å². The molecule has 0 unspecified atom stereocenters. The topological polar surface area (TPSA) is 73.5 Å². The molecule has 3 heterocycles. The van der Waals surface area contributed by atoms with E-state index in [1.54, 1.807) is 16.8 Å². The van der Waals surface area contributed by atoms with E-state index in [1.807, 2.05) is 31.5 Å². The highest BCUT2D eigenvalue weighted by molar-refractivity contribution is 6.31. The number of nitrogens with zero attached hydrogens (tertiary/aromatic N) is 6. The highest BCUT2D eigenvalue weighted by atomic mass is 35.5. The van der Waals surface area contributed by atoms with Crippen LogP contribution in [-0.4, -0.2) is 29.5 Å². The molecule has 0 atom stereocenters. The number of nitrogens with one attached hydrogen (secondary N) is 1. The maximum atomic E-state index is 13.5. The standard InChI is InChI=1S/C23H23ClFN7/c1-13-22(17-6-8-18(25)9-7-17)31(11-16-4-5-16)30-23(13)28-19-10-20(27-12-26-19)32-15(3)21(24)14(2)29-32/h6-10,12,16H,4-5,11H2,1-3H3,(H,26,27,28,30). The van der Waals surface area contributed by atoms with Crippen LogP contribution in [0.3, 0.4) is 0 Å². The van der Waals surface area contributed by atoms with Crippen molar-refractivity contribution in [2.24, 2.45) is 5.92 Å². The Morgan fingerprint density at radius 2 is 1.84 bits per heavy atom. The lowest BCUT2D eigenvalue weighted by Gasteiger charge is -2.08. The van der Waals surface area contributed by atoms with Crippen LogP contribution in [0.4, 0.5) is 16.0 Å². The van der Waals surface area contributed by atoms with Crippen molar-refractivity contribution in [1.29, 1.82) is 0 Å². The number of aryl methyl sites for hydroxylation is 1. The molecule has 0 aliphatic heterocycles. The highest BCUT2D eigenvalue weighted by Crippen LogP contribution is 2.36. The molecule has 1 aliphatic rings. The number of aromatic nitrogens is 6. The maximum absolute atomic E-state index is 13.5. The summed E-state index contributed by atoms with van der Waals surface area (Å²) < 4.78 is 17.2. The smallest absolute Gasteiger partial charge is 0.159 e. The third kappa shape index (κ3) is 3.86. The number of hydrogen-bond acceptors (Lipinski definition) is 5. The number of anilines is 2. The summed E-state index contributed by atoms with van der Waals surface area (Å²) in [5, 5.41) is 13.2. The van der Waals surface area contributed by atoms with E-state index in [0.29, 0.717) is 28.4 Å². The first-order chi connectivity index (χ1) is 15.4. The van der Waals surface area contributed by atoms with Crippen molar-refractivity contribution in [3.63, 3.8) is 0 Å². The quantitative estimate of drug-likeness (QED) is 0.425. The van der Waals surface area contributed by atoms with Crippen molar-refractivity contribution in [3.8, 4) is 17.1 Å². The van der Waals surface area contributed by atoms with Gasteiger partial charge in [0.05, 0.1) is 22.1 Å².